The molecule has 20 heavy (non-hydrogen) atoms. The van der Waals surface area contributed by atoms with E-state index in [1.807, 2.05) is 12.1 Å². The summed E-state index contributed by atoms with van der Waals surface area (Å²) in [5.74, 6) is 1.07. The van der Waals surface area contributed by atoms with Gasteiger partial charge in [0.15, 0.2) is 0 Å². The average Bonchev–Trinajstić information content (AvgIpc) is 2.53. The Hall–Kier alpha value is -2.76. The van der Waals surface area contributed by atoms with Crippen molar-refractivity contribution < 1.29 is 9.47 Å². The van der Waals surface area contributed by atoms with Gasteiger partial charge in [-0.2, -0.15) is 10.2 Å². The lowest BCUT2D eigenvalue weighted by molar-refractivity contribution is 0.415. The van der Waals surface area contributed by atoms with Gasteiger partial charge in [0.2, 0.25) is 0 Å². The van der Waals surface area contributed by atoms with Crippen LogP contribution in [0.25, 0.3) is 11.1 Å². The molecule has 102 valence electrons. The van der Waals surface area contributed by atoms with Crippen LogP contribution in [0, 0.1) is 11.1 Å². The Morgan fingerprint density at radius 1 is 0.750 bits per heavy atom. The summed E-state index contributed by atoms with van der Waals surface area (Å²) >= 11 is 0. The highest BCUT2D eigenvalue weighted by molar-refractivity contribution is 5.73. The van der Waals surface area contributed by atoms with E-state index in [1.165, 1.54) is 14.2 Å². The van der Waals surface area contributed by atoms with Gasteiger partial charge < -0.3 is 9.47 Å². The first-order valence-corrected chi connectivity index (χ1v) is 5.85. The number of nitrogens with zero attached hydrogens (tertiary/aromatic N) is 2. The van der Waals surface area contributed by atoms with E-state index in [4.69, 9.17) is 20.5 Å². The van der Waals surface area contributed by atoms with Gasteiger partial charge in [0.05, 0.1) is 14.2 Å². The molecule has 0 aliphatic carbocycles. The van der Waals surface area contributed by atoms with Crippen molar-refractivity contribution in [3.05, 3.63) is 36.4 Å². The Bertz CT molecular complexity index is 598. The maximum absolute atomic E-state index is 7.07. The molecule has 0 spiro atoms. The largest absolute Gasteiger partial charge is 0.494 e. The standard InChI is InChI=1S/C14H14N4O2/c1-19-13-7-9(3-5-11(13)17-15)10-4-6-12(18-16)14(8-10)20-2/h3-8,15-16H,1-2H3. The lowest BCUT2D eigenvalue weighted by atomic mass is 10.0. The molecule has 0 aromatic heterocycles. The van der Waals surface area contributed by atoms with Crippen LogP contribution in [-0.2, 0) is 0 Å². The van der Waals surface area contributed by atoms with Gasteiger partial charge in [0.1, 0.15) is 22.9 Å². The smallest absolute Gasteiger partial charge is 0.146 e. The first-order chi connectivity index (χ1) is 9.73. The fourth-order valence-electron chi connectivity index (χ4n) is 1.90. The molecule has 6 heteroatoms. The van der Waals surface area contributed by atoms with Gasteiger partial charge in [-0.05, 0) is 35.4 Å². The van der Waals surface area contributed by atoms with Gasteiger partial charge in [-0.1, -0.05) is 12.1 Å². The fraction of sp³-hybridized carbons (Fsp3) is 0.143. The second kappa shape index (κ2) is 5.92. The van der Waals surface area contributed by atoms with Crippen molar-refractivity contribution in [1.82, 2.24) is 0 Å². The van der Waals surface area contributed by atoms with Gasteiger partial charge in [-0.3, -0.25) is 0 Å². The molecule has 0 heterocycles. The first kappa shape index (κ1) is 13.7. The maximum Gasteiger partial charge on any atom is 0.146 e. The van der Waals surface area contributed by atoms with Crippen molar-refractivity contribution in [2.45, 2.75) is 0 Å². The molecular weight excluding hydrogens is 256 g/mol. The SMILES string of the molecule is COc1cc(-c2ccc(N=N)c(OC)c2)ccc1N=N. The van der Waals surface area contributed by atoms with Crippen LogP contribution >= 0.6 is 0 Å². The summed E-state index contributed by atoms with van der Waals surface area (Å²) in [7, 11) is 3.08. The summed E-state index contributed by atoms with van der Waals surface area (Å²) < 4.78 is 10.4. The van der Waals surface area contributed by atoms with Crippen LogP contribution in [0.1, 0.15) is 0 Å². The highest BCUT2D eigenvalue weighted by atomic mass is 16.5. The monoisotopic (exact) mass is 270 g/mol. The van der Waals surface area contributed by atoms with E-state index < -0.39 is 0 Å². The molecule has 0 radical (unpaired) electrons. The molecule has 0 aliphatic heterocycles. The summed E-state index contributed by atoms with van der Waals surface area (Å²) in [6.45, 7) is 0. The summed E-state index contributed by atoms with van der Waals surface area (Å²) in [5.41, 5.74) is 16.9. The number of ether oxygens (including phenoxy) is 2. The Morgan fingerprint density at radius 2 is 1.15 bits per heavy atom. The molecule has 0 bridgehead atoms. The first-order valence-electron chi connectivity index (χ1n) is 5.85. The van der Waals surface area contributed by atoms with Crippen LogP contribution in [0.5, 0.6) is 11.5 Å². The maximum atomic E-state index is 7.07. The summed E-state index contributed by atoms with van der Waals surface area (Å²) in [6.07, 6.45) is 0. The zero-order valence-electron chi connectivity index (χ0n) is 11.2. The van der Waals surface area contributed by atoms with Gasteiger partial charge in [-0.25, -0.2) is 11.1 Å². The number of hydrogen-bond acceptors (Lipinski definition) is 6. The number of hydrogen-bond donors (Lipinski definition) is 2. The second-order valence-corrected chi connectivity index (χ2v) is 4.00. The Labute approximate surface area is 116 Å². The minimum absolute atomic E-state index is 0.473. The topological polar surface area (TPSA) is 90.9 Å². The van der Waals surface area contributed by atoms with Gasteiger partial charge in [0, 0.05) is 0 Å². The third-order valence-electron chi connectivity index (χ3n) is 2.93. The van der Waals surface area contributed by atoms with Gasteiger partial charge in [0.25, 0.3) is 0 Å². The molecule has 6 nitrogen and oxygen atoms in total. The normalized spacial score (nSPS) is 9.90. The quantitative estimate of drug-likeness (QED) is 0.771. The van der Waals surface area contributed by atoms with E-state index in [0.29, 0.717) is 22.9 Å². The molecule has 2 rings (SSSR count). The van der Waals surface area contributed by atoms with Crippen LogP contribution in [0.15, 0.2) is 46.6 Å². The summed E-state index contributed by atoms with van der Waals surface area (Å²) in [4.78, 5) is 0. The molecule has 2 aromatic rings. The Morgan fingerprint density at radius 3 is 1.45 bits per heavy atom. The van der Waals surface area contributed by atoms with Crippen molar-refractivity contribution >= 4 is 11.4 Å². The molecule has 0 aliphatic rings. The number of methoxy groups -OCH3 is 2. The second-order valence-electron chi connectivity index (χ2n) is 4.00. The highest BCUT2D eigenvalue weighted by Gasteiger charge is 2.08. The van der Waals surface area contributed by atoms with Crippen LogP contribution in [-0.4, -0.2) is 14.2 Å². The number of nitrogens with one attached hydrogen (secondary N) is 2. The van der Waals surface area contributed by atoms with Gasteiger partial charge in [-0.15, -0.1) is 0 Å². The lowest BCUT2D eigenvalue weighted by Crippen LogP contribution is -1.87. The molecule has 2 aromatic carbocycles. The predicted octanol–water partition coefficient (Wildman–Crippen LogP) is 4.70. The van der Waals surface area contributed by atoms with Crippen molar-refractivity contribution in [2.75, 3.05) is 14.2 Å². The van der Waals surface area contributed by atoms with Crippen LogP contribution in [0.3, 0.4) is 0 Å². The molecule has 0 saturated carbocycles. The Kier molecular flexibility index (Phi) is 4.05. The van der Waals surface area contributed by atoms with E-state index in [0.717, 1.165) is 11.1 Å². The van der Waals surface area contributed by atoms with Crippen LogP contribution < -0.4 is 9.47 Å². The third-order valence-corrected chi connectivity index (χ3v) is 2.93. The fourth-order valence-corrected chi connectivity index (χ4v) is 1.90. The van der Waals surface area contributed by atoms with Crippen molar-refractivity contribution in [3.8, 4) is 22.6 Å². The van der Waals surface area contributed by atoms with E-state index in [2.05, 4.69) is 10.2 Å². The summed E-state index contributed by atoms with van der Waals surface area (Å²) in [6, 6.07) is 10.7. The van der Waals surface area contributed by atoms with Crippen molar-refractivity contribution in [2.24, 2.45) is 10.2 Å². The summed E-state index contributed by atoms with van der Waals surface area (Å²) in [5, 5.41) is 6.80. The Balaban J connectivity index is 2.51. The molecular formula is C14H14N4O2. The predicted molar refractivity (Wildman–Crippen MR) is 74.6 cm³/mol. The average molecular weight is 270 g/mol. The zero-order chi connectivity index (χ0) is 14.5. The van der Waals surface area contributed by atoms with E-state index >= 15 is 0 Å². The molecule has 0 amide bonds. The minimum atomic E-state index is 0.473. The highest BCUT2D eigenvalue weighted by Crippen LogP contribution is 2.36. The van der Waals surface area contributed by atoms with E-state index in [9.17, 15) is 0 Å². The molecule has 0 atom stereocenters. The third kappa shape index (κ3) is 2.49. The van der Waals surface area contributed by atoms with E-state index in [1.54, 1.807) is 24.3 Å². The lowest BCUT2D eigenvalue weighted by Gasteiger charge is -2.09. The minimum Gasteiger partial charge on any atom is -0.494 e. The number of benzene rings is 2. The zero-order valence-corrected chi connectivity index (χ0v) is 11.2. The van der Waals surface area contributed by atoms with Crippen LogP contribution in [0.2, 0.25) is 0 Å². The molecule has 0 unspecified atom stereocenters. The molecule has 0 fully saturated rings. The van der Waals surface area contributed by atoms with E-state index in [-0.39, 0.29) is 0 Å². The van der Waals surface area contributed by atoms with Crippen molar-refractivity contribution in [3.63, 3.8) is 0 Å². The molecule has 0 saturated heterocycles. The van der Waals surface area contributed by atoms with Crippen molar-refractivity contribution in [1.29, 1.82) is 11.1 Å². The van der Waals surface area contributed by atoms with Gasteiger partial charge >= 0.3 is 0 Å². The number of rotatable bonds is 5. The van der Waals surface area contributed by atoms with Crippen LogP contribution in [0.4, 0.5) is 11.4 Å². The molecule has 2 N–H and O–H groups in total.